The molecule has 0 aliphatic heterocycles. The van der Waals surface area contributed by atoms with Crippen molar-refractivity contribution in [1.29, 1.82) is 0 Å². The molecule has 0 saturated heterocycles. The topological polar surface area (TPSA) is 42.2 Å². The molecule has 2 aromatic carbocycles. The maximum Gasteiger partial charge on any atom is 0.328 e. The summed E-state index contributed by atoms with van der Waals surface area (Å²) in [7, 11) is 0. The van der Waals surface area contributed by atoms with E-state index in [2.05, 4.69) is 18.4 Å². The van der Waals surface area contributed by atoms with E-state index in [0.717, 1.165) is 33.8 Å². The second-order valence-electron chi connectivity index (χ2n) is 5.92. The van der Waals surface area contributed by atoms with Gasteiger partial charge in [-0.3, -0.25) is 0 Å². The summed E-state index contributed by atoms with van der Waals surface area (Å²) in [5.74, 6) is -1.30. The molecule has 0 radical (unpaired) electrons. The highest BCUT2D eigenvalue weighted by molar-refractivity contribution is 6.02. The molecule has 4 heteroatoms. The van der Waals surface area contributed by atoms with Gasteiger partial charge in [0.25, 0.3) is 0 Å². The van der Waals surface area contributed by atoms with Gasteiger partial charge >= 0.3 is 5.97 Å². The Bertz CT molecular complexity index is 921. The zero-order valence-corrected chi connectivity index (χ0v) is 13.5. The Morgan fingerprint density at radius 1 is 1.12 bits per heavy atom. The zero-order chi connectivity index (χ0) is 17.3. The van der Waals surface area contributed by atoms with Crippen LogP contribution in [0.1, 0.15) is 25.6 Å². The lowest BCUT2D eigenvalue weighted by Crippen LogP contribution is -2.03. The number of para-hydroxylation sites is 1. The van der Waals surface area contributed by atoms with Crippen molar-refractivity contribution in [2.45, 2.75) is 19.9 Å². The Morgan fingerprint density at radius 3 is 2.42 bits per heavy atom. The lowest BCUT2D eigenvalue weighted by Gasteiger charge is -2.13. The number of hydrogen-bond donors (Lipinski definition) is 1. The van der Waals surface area contributed by atoms with Crippen LogP contribution in [0, 0.1) is 5.82 Å². The van der Waals surface area contributed by atoms with Gasteiger partial charge in [-0.15, -0.1) is 0 Å². The first-order chi connectivity index (χ1) is 11.5. The van der Waals surface area contributed by atoms with E-state index in [4.69, 9.17) is 5.11 Å². The monoisotopic (exact) mass is 323 g/mol. The Labute approximate surface area is 139 Å². The highest BCUT2D eigenvalue weighted by Gasteiger charge is 2.18. The van der Waals surface area contributed by atoms with Crippen LogP contribution in [0.5, 0.6) is 0 Å². The molecule has 0 saturated carbocycles. The fourth-order valence-electron chi connectivity index (χ4n) is 3.07. The van der Waals surface area contributed by atoms with Crippen LogP contribution < -0.4 is 0 Å². The first kappa shape index (κ1) is 16.0. The van der Waals surface area contributed by atoms with Crippen LogP contribution in [0.25, 0.3) is 28.1 Å². The number of rotatable bonds is 4. The summed E-state index contributed by atoms with van der Waals surface area (Å²) in [6.07, 6.45) is 2.75. The first-order valence-electron chi connectivity index (χ1n) is 7.79. The van der Waals surface area contributed by atoms with Crippen molar-refractivity contribution in [3.05, 3.63) is 66.1 Å². The van der Waals surface area contributed by atoms with Crippen molar-refractivity contribution < 1.29 is 14.3 Å². The van der Waals surface area contributed by atoms with E-state index in [1.54, 1.807) is 18.2 Å². The van der Waals surface area contributed by atoms with Gasteiger partial charge in [-0.1, -0.05) is 30.3 Å². The fourth-order valence-corrected chi connectivity index (χ4v) is 3.07. The molecule has 0 spiro atoms. The second kappa shape index (κ2) is 6.32. The molecule has 1 N–H and O–H groups in total. The summed E-state index contributed by atoms with van der Waals surface area (Å²) >= 11 is 0. The number of aliphatic carboxylic acids is 1. The Morgan fingerprint density at radius 2 is 1.79 bits per heavy atom. The number of carboxylic acid groups (broad SMARTS) is 1. The predicted molar refractivity (Wildman–Crippen MR) is 94.4 cm³/mol. The van der Waals surface area contributed by atoms with E-state index in [1.165, 1.54) is 12.1 Å². The Balaban J connectivity index is 2.38. The number of carboxylic acids is 1. The minimum Gasteiger partial charge on any atom is -0.478 e. The summed E-state index contributed by atoms with van der Waals surface area (Å²) in [4.78, 5) is 11.0. The normalized spacial score (nSPS) is 11.7. The molecule has 0 aliphatic carbocycles. The van der Waals surface area contributed by atoms with Crippen LogP contribution in [0.15, 0.2) is 54.6 Å². The maximum atomic E-state index is 13.3. The maximum absolute atomic E-state index is 13.3. The van der Waals surface area contributed by atoms with Gasteiger partial charge in [-0.05, 0) is 43.7 Å². The van der Waals surface area contributed by atoms with Gasteiger partial charge in [0.2, 0.25) is 0 Å². The molecule has 3 aromatic rings. The van der Waals surface area contributed by atoms with Gasteiger partial charge in [0.05, 0.1) is 5.69 Å². The Hall–Kier alpha value is -2.88. The number of hydrogen-bond acceptors (Lipinski definition) is 1. The average Bonchev–Trinajstić information content (AvgIpc) is 2.88. The first-order valence-corrected chi connectivity index (χ1v) is 7.79. The Kier molecular flexibility index (Phi) is 4.21. The minimum absolute atomic E-state index is 0.151. The smallest absolute Gasteiger partial charge is 0.328 e. The van der Waals surface area contributed by atoms with Crippen LogP contribution in [0.4, 0.5) is 4.39 Å². The van der Waals surface area contributed by atoms with Crippen molar-refractivity contribution >= 4 is 22.9 Å². The molecule has 0 bridgehead atoms. The van der Waals surface area contributed by atoms with Gasteiger partial charge in [0.15, 0.2) is 0 Å². The van der Waals surface area contributed by atoms with Crippen molar-refractivity contribution in [3.63, 3.8) is 0 Å². The minimum atomic E-state index is -0.999. The highest BCUT2D eigenvalue weighted by atomic mass is 19.1. The summed E-state index contributed by atoms with van der Waals surface area (Å²) in [6.45, 7) is 4.11. The van der Waals surface area contributed by atoms with E-state index in [-0.39, 0.29) is 11.9 Å². The summed E-state index contributed by atoms with van der Waals surface area (Å²) in [5.41, 5.74) is 3.60. The van der Waals surface area contributed by atoms with E-state index in [1.807, 2.05) is 24.3 Å². The van der Waals surface area contributed by atoms with E-state index in [9.17, 15) is 9.18 Å². The second-order valence-corrected chi connectivity index (χ2v) is 5.92. The molecule has 3 nitrogen and oxygen atoms in total. The third-order valence-electron chi connectivity index (χ3n) is 3.98. The number of fused-ring (bicyclic) bond motifs is 1. The molecule has 122 valence electrons. The van der Waals surface area contributed by atoms with Crippen molar-refractivity contribution in [1.82, 2.24) is 4.57 Å². The van der Waals surface area contributed by atoms with E-state index in [0.29, 0.717) is 0 Å². The summed E-state index contributed by atoms with van der Waals surface area (Å²) < 4.78 is 15.4. The predicted octanol–water partition coefficient (Wildman–Crippen LogP) is 5.13. The SMILES string of the molecule is CC(C)n1c(C=CC(=O)O)c(-c2ccc(F)cc2)c2ccccc21. The zero-order valence-electron chi connectivity index (χ0n) is 13.5. The molecule has 0 atom stereocenters. The van der Waals surface area contributed by atoms with Crippen molar-refractivity contribution in [3.8, 4) is 11.1 Å². The van der Waals surface area contributed by atoms with Crippen molar-refractivity contribution in [2.24, 2.45) is 0 Å². The fraction of sp³-hybridized carbons (Fsp3) is 0.150. The van der Waals surface area contributed by atoms with Crippen LogP contribution in [-0.2, 0) is 4.79 Å². The molecular formula is C20H18FNO2. The molecular weight excluding hydrogens is 305 g/mol. The number of carbonyl (C=O) groups is 1. The van der Waals surface area contributed by atoms with Crippen molar-refractivity contribution in [2.75, 3.05) is 0 Å². The number of benzene rings is 2. The van der Waals surface area contributed by atoms with Crippen LogP contribution in [-0.4, -0.2) is 15.6 Å². The van der Waals surface area contributed by atoms with Gasteiger partial charge in [0.1, 0.15) is 5.82 Å². The highest BCUT2D eigenvalue weighted by Crippen LogP contribution is 2.37. The van der Waals surface area contributed by atoms with E-state index < -0.39 is 5.97 Å². The molecule has 0 unspecified atom stereocenters. The van der Waals surface area contributed by atoms with Gasteiger partial charge in [-0.25, -0.2) is 9.18 Å². The average molecular weight is 323 g/mol. The molecule has 0 amide bonds. The lowest BCUT2D eigenvalue weighted by atomic mass is 10.0. The number of nitrogens with zero attached hydrogens (tertiary/aromatic N) is 1. The third kappa shape index (κ3) is 2.83. The number of halogens is 1. The van der Waals surface area contributed by atoms with Crippen LogP contribution in [0.2, 0.25) is 0 Å². The number of aromatic nitrogens is 1. The van der Waals surface area contributed by atoms with E-state index >= 15 is 0 Å². The molecule has 3 rings (SSSR count). The summed E-state index contributed by atoms with van der Waals surface area (Å²) in [6, 6.07) is 14.4. The largest absolute Gasteiger partial charge is 0.478 e. The lowest BCUT2D eigenvalue weighted by molar-refractivity contribution is -0.131. The summed E-state index contributed by atoms with van der Waals surface area (Å²) in [5, 5.41) is 10.0. The van der Waals surface area contributed by atoms with Gasteiger partial charge in [-0.2, -0.15) is 0 Å². The molecule has 24 heavy (non-hydrogen) atoms. The molecule has 0 aliphatic rings. The van der Waals surface area contributed by atoms with Gasteiger partial charge in [0, 0.05) is 28.6 Å². The van der Waals surface area contributed by atoms with Crippen LogP contribution in [0.3, 0.4) is 0 Å². The quantitative estimate of drug-likeness (QED) is 0.677. The van der Waals surface area contributed by atoms with Crippen LogP contribution >= 0.6 is 0 Å². The molecule has 1 aromatic heterocycles. The molecule has 0 fully saturated rings. The third-order valence-corrected chi connectivity index (χ3v) is 3.98. The van der Waals surface area contributed by atoms with Gasteiger partial charge < -0.3 is 9.67 Å². The standard InChI is InChI=1S/C20H18FNO2/c1-13(2)22-17-6-4-3-5-16(17)20(18(22)11-12-19(23)24)14-7-9-15(21)10-8-14/h3-13H,1-2H3,(H,23,24). The molecule has 1 heterocycles.